The highest BCUT2D eigenvalue weighted by Gasteiger charge is 2.48. The number of benzene rings is 1. The van der Waals surface area contributed by atoms with Gasteiger partial charge in [0.15, 0.2) is 29.1 Å². The van der Waals surface area contributed by atoms with Crippen LogP contribution in [-0.2, 0) is 23.8 Å². The van der Waals surface area contributed by atoms with Crippen molar-refractivity contribution in [2.45, 2.75) is 55.6 Å². The molecule has 5 atom stereocenters. The van der Waals surface area contributed by atoms with Gasteiger partial charge in [0.2, 0.25) is 5.28 Å². The fourth-order valence-corrected chi connectivity index (χ4v) is 8.85. The van der Waals surface area contributed by atoms with Crippen molar-refractivity contribution >= 4 is 49.5 Å². The zero-order valence-electron chi connectivity index (χ0n) is 21.3. The van der Waals surface area contributed by atoms with Crippen molar-refractivity contribution < 1.29 is 47.7 Å². The lowest BCUT2D eigenvalue weighted by atomic mass is 9.81. The lowest BCUT2D eigenvalue weighted by Gasteiger charge is -2.25. The van der Waals surface area contributed by atoms with Crippen LogP contribution in [0.4, 0.5) is 15.9 Å². The minimum atomic E-state index is -4.86. The average Bonchev–Trinajstić information content (AvgIpc) is 3.64. The first-order valence-electron chi connectivity index (χ1n) is 12.8. The molecule has 1 spiro atoms. The molecule has 3 aliphatic rings. The van der Waals surface area contributed by atoms with Gasteiger partial charge in [-0.25, -0.2) is 9.37 Å². The summed E-state index contributed by atoms with van der Waals surface area (Å²) in [5.74, 6) is -1.36. The predicted octanol–water partition coefficient (Wildman–Crippen LogP) is 2.54. The molecule has 3 aromatic rings. The molecule has 222 valence electrons. The highest BCUT2D eigenvalue weighted by atomic mass is 35.5. The molecule has 1 aromatic carbocycles. The Bertz CT molecular complexity index is 1600. The van der Waals surface area contributed by atoms with Crippen LogP contribution in [0.2, 0.25) is 5.28 Å². The van der Waals surface area contributed by atoms with Gasteiger partial charge in [0.1, 0.15) is 24.1 Å². The largest absolute Gasteiger partial charge is 0.387 e. The third-order valence-electron chi connectivity index (χ3n) is 7.89. The van der Waals surface area contributed by atoms with Gasteiger partial charge in [0.05, 0.1) is 12.9 Å². The number of nitrogens with zero attached hydrogens (tertiary/aromatic N) is 5. The van der Waals surface area contributed by atoms with Crippen molar-refractivity contribution in [1.29, 1.82) is 0 Å². The van der Waals surface area contributed by atoms with Crippen LogP contribution in [0.3, 0.4) is 0 Å². The molecule has 0 bridgehead atoms. The molecule has 0 radical (unpaired) electrons. The number of anilines is 2. The summed E-state index contributed by atoms with van der Waals surface area (Å²) in [6.07, 6.45) is -0.597. The van der Waals surface area contributed by atoms with Crippen molar-refractivity contribution in [2.24, 2.45) is 0 Å². The van der Waals surface area contributed by atoms with Gasteiger partial charge in [-0.1, -0.05) is 12.8 Å². The standard InChI is InChI=1S/C23H27ClFN5O9P2/c24-22-27-19(29-9-23(5-1-2-6-23)13-7-12(25)3-4-14(13)29)16-20(28-22)30(10-26-16)21-18(32)17(31)15(39-21)8-38-41(36,37)11-40(33,34)35/h3-4,7,10,15,17-18,21,31-32H,1-2,5-6,8-9,11H2,(H,36,37)(H2,33,34,35)/t15-,17?,18+,21-/m1/s1. The number of ether oxygens (including phenoxy) is 1. The van der Waals surface area contributed by atoms with Crippen LogP contribution in [0.15, 0.2) is 24.5 Å². The van der Waals surface area contributed by atoms with Gasteiger partial charge in [-0.15, -0.1) is 0 Å². The van der Waals surface area contributed by atoms with Crippen molar-refractivity contribution in [2.75, 3.05) is 24.0 Å². The minimum absolute atomic E-state index is 0.128. The molecule has 2 aliphatic heterocycles. The average molecular weight is 634 g/mol. The summed E-state index contributed by atoms with van der Waals surface area (Å²) < 4.78 is 49.3. The summed E-state index contributed by atoms with van der Waals surface area (Å²) in [5, 5.41) is 21.2. The van der Waals surface area contributed by atoms with E-state index in [0.29, 0.717) is 17.9 Å². The Hall–Kier alpha value is -2.03. The van der Waals surface area contributed by atoms with Crippen LogP contribution in [0.1, 0.15) is 37.5 Å². The Morgan fingerprint density at radius 3 is 2.59 bits per heavy atom. The summed E-state index contributed by atoms with van der Waals surface area (Å²) in [5.41, 5.74) is 1.93. The summed E-state index contributed by atoms with van der Waals surface area (Å²) in [6.45, 7) is -0.197. The number of imidazole rings is 1. The molecule has 1 saturated heterocycles. The van der Waals surface area contributed by atoms with Gasteiger partial charge >= 0.3 is 15.2 Å². The van der Waals surface area contributed by atoms with E-state index in [2.05, 4.69) is 15.0 Å². The van der Waals surface area contributed by atoms with Crippen LogP contribution in [0.25, 0.3) is 11.2 Å². The van der Waals surface area contributed by atoms with Gasteiger partial charge < -0.3 is 39.1 Å². The first-order valence-corrected chi connectivity index (χ1v) is 16.7. The minimum Gasteiger partial charge on any atom is -0.387 e. The Balaban J connectivity index is 1.31. The lowest BCUT2D eigenvalue weighted by molar-refractivity contribution is -0.0483. The molecule has 4 heterocycles. The van der Waals surface area contributed by atoms with Crippen molar-refractivity contribution in [3.05, 3.63) is 41.2 Å². The van der Waals surface area contributed by atoms with Gasteiger partial charge in [0, 0.05) is 17.6 Å². The first kappa shape index (κ1) is 29.1. The number of hydrogen-bond acceptors (Lipinski definition) is 10. The first-order chi connectivity index (χ1) is 19.3. The Labute approximate surface area is 237 Å². The Morgan fingerprint density at radius 2 is 1.88 bits per heavy atom. The van der Waals surface area contributed by atoms with Crippen molar-refractivity contribution in [3.63, 3.8) is 0 Å². The molecule has 0 amide bonds. The summed E-state index contributed by atoms with van der Waals surface area (Å²) in [4.78, 5) is 42.8. The van der Waals surface area contributed by atoms with Crippen LogP contribution in [0.5, 0.6) is 0 Å². The summed E-state index contributed by atoms with van der Waals surface area (Å²) in [6, 6.07) is 4.65. The van der Waals surface area contributed by atoms with E-state index in [-0.39, 0.29) is 22.2 Å². The van der Waals surface area contributed by atoms with Crippen molar-refractivity contribution in [1.82, 2.24) is 19.5 Å². The highest BCUT2D eigenvalue weighted by Crippen LogP contribution is 2.56. The molecule has 5 N–H and O–H groups in total. The maximum absolute atomic E-state index is 14.3. The second-order valence-corrected chi connectivity index (χ2v) is 15.0. The number of halogens is 2. The summed E-state index contributed by atoms with van der Waals surface area (Å²) >= 11 is 6.34. The van der Waals surface area contributed by atoms with Gasteiger partial charge in [-0.2, -0.15) is 9.97 Å². The van der Waals surface area contributed by atoms with E-state index in [9.17, 15) is 28.6 Å². The fourth-order valence-electron chi connectivity index (χ4n) is 6.12. The molecule has 2 aromatic heterocycles. The highest BCUT2D eigenvalue weighted by molar-refractivity contribution is 7.70. The number of aliphatic hydroxyl groups is 2. The zero-order chi connectivity index (χ0) is 29.3. The molecule has 18 heteroatoms. The third-order valence-corrected chi connectivity index (χ3v) is 11.5. The van der Waals surface area contributed by atoms with E-state index in [1.165, 1.54) is 17.0 Å². The van der Waals surface area contributed by atoms with Gasteiger partial charge in [-0.05, 0) is 48.2 Å². The van der Waals surface area contributed by atoms with E-state index < -0.39 is 52.2 Å². The maximum Gasteiger partial charge on any atom is 0.340 e. The predicted molar refractivity (Wildman–Crippen MR) is 142 cm³/mol. The van der Waals surface area contributed by atoms with Crippen LogP contribution < -0.4 is 4.90 Å². The normalized spacial score (nSPS) is 27.1. The van der Waals surface area contributed by atoms with E-state index in [4.69, 9.17) is 30.6 Å². The monoisotopic (exact) mass is 633 g/mol. The molecule has 2 unspecified atom stereocenters. The molecule has 14 nitrogen and oxygen atoms in total. The van der Waals surface area contributed by atoms with E-state index in [0.717, 1.165) is 36.9 Å². The molecular weight excluding hydrogens is 607 g/mol. The lowest BCUT2D eigenvalue weighted by Crippen LogP contribution is -2.33. The van der Waals surface area contributed by atoms with Gasteiger partial charge in [0.25, 0.3) is 0 Å². The van der Waals surface area contributed by atoms with Crippen LogP contribution in [-0.4, -0.2) is 81.8 Å². The number of aliphatic hydroxyl groups excluding tert-OH is 2. The number of fused-ring (bicyclic) bond motifs is 3. The Kier molecular flexibility index (Phi) is 7.30. The zero-order valence-corrected chi connectivity index (χ0v) is 23.9. The maximum atomic E-state index is 14.3. The molecule has 1 saturated carbocycles. The van der Waals surface area contributed by atoms with E-state index in [1.54, 1.807) is 12.1 Å². The number of aromatic nitrogens is 4. The van der Waals surface area contributed by atoms with E-state index >= 15 is 0 Å². The second-order valence-electron chi connectivity index (χ2n) is 10.7. The van der Waals surface area contributed by atoms with Gasteiger partial charge in [-0.3, -0.25) is 13.7 Å². The fraction of sp³-hybridized carbons (Fsp3) is 0.522. The second kappa shape index (κ2) is 10.3. The van der Waals surface area contributed by atoms with Crippen LogP contribution in [0, 0.1) is 5.82 Å². The molecule has 1 aliphatic carbocycles. The summed E-state index contributed by atoms with van der Waals surface area (Å²) in [7, 11) is -9.58. The van der Waals surface area contributed by atoms with Crippen molar-refractivity contribution in [3.8, 4) is 0 Å². The number of hydrogen-bond donors (Lipinski definition) is 5. The number of rotatable bonds is 7. The molecule has 6 rings (SSSR count). The van der Waals surface area contributed by atoms with Crippen LogP contribution >= 0.6 is 26.8 Å². The topological polar surface area (TPSA) is 201 Å². The molecular formula is C23H27ClFN5O9P2. The van der Waals surface area contributed by atoms with E-state index in [1.807, 2.05) is 4.90 Å². The molecule has 2 fully saturated rings. The Morgan fingerprint density at radius 1 is 1.15 bits per heavy atom. The quantitative estimate of drug-likeness (QED) is 0.188. The smallest absolute Gasteiger partial charge is 0.340 e. The SMILES string of the molecule is O=P(O)(O)CP(=O)(O)OC[C@H]1O[C@@H](n2cnc3c(N4CC5(CCCC5)c5cc(F)ccc54)nc(Cl)nc32)[C@@H](O)C1O. The third kappa shape index (κ3) is 5.33. The molecule has 41 heavy (non-hydrogen) atoms.